The summed E-state index contributed by atoms with van der Waals surface area (Å²) in [6, 6.07) is 12.2. The third-order valence-electron chi connectivity index (χ3n) is 6.43. The lowest BCUT2D eigenvalue weighted by molar-refractivity contribution is -0.101. The minimum absolute atomic E-state index is 0.289. The van der Waals surface area contributed by atoms with Crippen LogP contribution in [0.4, 0.5) is 5.82 Å². The summed E-state index contributed by atoms with van der Waals surface area (Å²) in [5.41, 5.74) is 1.77. The van der Waals surface area contributed by atoms with Crippen molar-refractivity contribution in [1.82, 2.24) is 29.6 Å². The summed E-state index contributed by atoms with van der Waals surface area (Å²) < 4.78 is 3.76. The van der Waals surface area contributed by atoms with Gasteiger partial charge in [-0.25, -0.2) is 14.6 Å². The number of aromatic nitrogens is 5. The van der Waals surface area contributed by atoms with Crippen molar-refractivity contribution in [2.24, 2.45) is 0 Å². The van der Waals surface area contributed by atoms with E-state index in [1.54, 1.807) is 12.5 Å². The number of anilines is 1. The smallest absolute Gasteiger partial charge is 0.145 e. The second kappa shape index (κ2) is 8.93. The number of β-amino-alcohol motifs (C(OH)–C–C–N with tert-alkyl or cyclic N) is 1. The normalized spacial score (nSPS) is 20.9. The first kappa shape index (κ1) is 21.6. The van der Waals surface area contributed by atoms with Crippen molar-refractivity contribution >= 4 is 16.9 Å². The molecule has 0 spiro atoms. The Morgan fingerprint density at radius 1 is 1.18 bits per heavy atom. The first-order chi connectivity index (χ1) is 16.1. The Labute approximate surface area is 192 Å². The summed E-state index contributed by atoms with van der Waals surface area (Å²) in [6.45, 7) is 4.95. The first-order valence-corrected chi connectivity index (χ1v) is 11.3. The molecule has 1 aliphatic heterocycles. The van der Waals surface area contributed by atoms with E-state index in [2.05, 4.69) is 56.5 Å². The highest BCUT2D eigenvalue weighted by Crippen LogP contribution is 2.28. The number of nitrogens with one attached hydrogen (secondary N) is 1. The van der Waals surface area contributed by atoms with Crippen LogP contribution in [0.15, 0.2) is 61.3 Å². The summed E-state index contributed by atoms with van der Waals surface area (Å²) in [6.07, 6.45) is 6.85. The van der Waals surface area contributed by atoms with Gasteiger partial charge in [0, 0.05) is 38.2 Å². The van der Waals surface area contributed by atoms with Crippen molar-refractivity contribution in [3.8, 4) is 5.69 Å². The quantitative estimate of drug-likeness (QED) is 0.396. The van der Waals surface area contributed by atoms with E-state index in [0.717, 1.165) is 29.1 Å². The number of benzene rings is 1. The van der Waals surface area contributed by atoms with Crippen molar-refractivity contribution in [2.45, 2.75) is 38.1 Å². The van der Waals surface area contributed by atoms with Gasteiger partial charge < -0.3 is 25.0 Å². The number of nitrogens with zero attached hydrogens (tertiary/aromatic N) is 6. The zero-order chi connectivity index (χ0) is 22.8. The summed E-state index contributed by atoms with van der Waals surface area (Å²) >= 11 is 0. The van der Waals surface area contributed by atoms with Crippen LogP contribution in [0.1, 0.15) is 18.9 Å². The summed E-state index contributed by atoms with van der Waals surface area (Å²) in [7, 11) is 0. The Morgan fingerprint density at radius 3 is 2.76 bits per heavy atom. The van der Waals surface area contributed by atoms with Gasteiger partial charge in [0.15, 0.2) is 0 Å². The highest BCUT2D eigenvalue weighted by Gasteiger charge is 2.38. The Morgan fingerprint density at radius 2 is 2.03 bits per heavy atom. The number of aliphatic hydroxyl groups excluding tert-OH is 1. The molecule has 9 heteroatoms. The van der Waals surface area contributed by atoms with Crippen LogP contribution in [0.25, 0.3) is 16.7 Å². The summed E-state index contributed by atoms with van der Waals surface area (Å²) in [5, 5.41) is 29.7. The molecule has 4 aromatic rings. The third-order valence-corrected chi connectivity index (χ3v) is 6.43. The van der Waals surface area contributed by atoms with Gasteiger partial charge in [0.05, 0.1) is 23.7 Å². The van der Waals surface area contributed by atoms with E-state index in [1.807, 2.05) is 33.8 Å². The molecule has 1 saturated heterocycles. The van der Waals surface area contributed by atoms with E-state index >= 15 is 0 Å². The predicted molar refractivity (Wildman–Crippen MR) is 126 cm³/mol. The highest BCUT2D eigenvalue weighted by atomic mass is 16.3. The van der Waals surface area contributed by atoms with Crippen LogP contribution in [0.5, 0.6) is 0 Å². The number of piperidine rings is 1. The maximum atomic E-state index is 11.0. The van der Waals surface area contributed by atoms with E-state index in [4.69, 9.17) is 0 Å². The van der Waals surface area contributed by atoms with E-state index in [1.165, 1.54) is 5.56 Å². The van der Waals surface area contributed by atoms with Gasteiger partial charge in [0.25, 0.3) is 0 Å². The maximum absolute atomic E-state index is 11.0. The zero-order valence-electron chi connectivity index (χ0n) is 18.7. The second-order valence-corrected chi connectivity index (χ2v) is 8.58. The van der Waals surface area contributed by atoms with Gasteiger partial charge in [0.2, 0.25) is 0 Å². The largest absolute Gasteiger partial charge is 0.389 e. The van der Waals surface area contributed by atoms with Crippen LogP contribution in [0, 0.1) is 0 Å². The Kier molecular flexibility index (Phi) is 5.84. The minimum atomic E-state index is -1.18. The molecule has 172 valence electrons. The van der Waals surface area contributed by atoms with E-state index in [9.17, 15) is 10.2 Å². The van der Waals surface area contributed by atoms with Gasteiger partial charge >= 0.3 is 0 Å². The Hall–Kier alpha value is -3.27. The van der Waals surface area contributed by atoms with E-state index in [0.29, 0.717) is 26.1 Å². The van der Waals surface area contributed by atoms with Gasteiger partial charge in [-0.15, -0.1) is 0 Å². The van der Waals surface area contributed by atoms with Gasteiger partial charge in [-0.1, -0.05) is 12.1 Å². The lowest BCUT2D eigenvalue weighted by Gasteiger charge is -2.37. The van der Waals surface area contributed by atoms with Crippen molar-refractivity contribution in [3.05, 3.63) is 66.9 Å². The molecule has 0 unspecified atom stereocenters. The molecular formula is C24H29N7O2. The van der Waals surface area contributed by atoms with E-state index in [-0.39, 0.29) is 6.54 Å². The van der Waals surface area contributed by atoms with Crippen molar-refractivity contribution in [3.63, 3.8) is 0 Å². The van der Waals surface area contributed by atoms with Gasteiger partial charge in [-0.05, 0) is 49.7 Å². The van der Waals surface area contributed by atoms with E-state index < -0.39 is 11.7 Å². The molecule has 0 saturated carbocycles. The SMILES string of the molecule is CCN(Cc1ccc(-n2cccn2)cc1)c1ncnc2c1ccn2C[C@]1(O)CCNC[C@H]1O. The van der Waals surface area contributed by atoms with Crippen LogP contribution in [0.3, 0.4) is 0 Å². The topological polar surface area (TPSA) is 104 Å². The van der Waals surface area contributed by atoms with Gasteiger partial charge in [0.1, 0.15) is 23.4 Å². The molecule has 0 amide bonds. The number of fused-ring (bicyclic) bond motifs is 1. The number of rotatable bonds is 7. The van der Waals surface area contributed by atoms with Crippen molar-refractivity contribution in [2.75, 3.05) is 24.5 Å². The molecule has 33 heavy (non-hydrogen) atoms. The molecule has 5 rings (SSSR count). The van der Waals surface area contributed by atoms with Crippen LogP contribution >= 0.6 is 0 Å². The molecule has 4 heterocycles. The molecule has 2 atom stereocenters. The molecule has 3 aromatic heterocycles. The lowest BCUT2D eigenvalue weighted by Crippen LogP contribution is -2.56. The fraction of sp³-hybridized carbons (Fsp3) is 0.375. The highest BCUT2D eigenvalue weighted by molar-refractivity contribution is 5.87. The Balaban J connectivity index is 1.39. The fourth-order valence-corrected chi connectivity index (χ4v) is 4.48. The molecule has 0 radical (unpaired) electrons. The van der Waals surface area contributed by atoms with Gasteiger partial charge in [-0.3, -0.25) is 0 Å². The summed E-state index contributed by atoms with van der Waals surface area (Å²) in [5.74, 6) is 0.857. The minimum Gasteiger partial charge on any atom is -0.389 e. The fourth-order valence-electron chi connectivity index (χ4n) is 4.48. The van der Waals surface area contributed by atoms with Crippen LogP contribution < -0.4 is 10.2 Å². The average Bonchev–Trinajstić information content (AvgIpc) is 3.51. The summed E-state index contributed by atoms with van der Waals surface area (Å²) in [4.78, 5) is 11.3. The average molecular weight is 448 g/mol. The monoisotopic (exact) mass is 447 g/mol. The van der Waals surface area contributed by atoms with Crippen LogP contribution in [-0.4, -0.2) is 65.9 Å². The second-order valence-electron chi connectivity index (χ2n) is 8.58. The molecule has 3 N–H and O–H groups in total. The molecule has 0 bridgehead atoms. The first-order valence-electron chi connectivity index (χ1n) is 11.3. The molecule has 0 aliphatic carbocycles. The molecule has 9 nitrogen and oxygen atoms in total. The number of hydrogen-bond acceptors (Lipinski definition) is 7. The number of aliphatic hydroxyl groups is 2. The van der Waals surface area contributed by atoms with Crippen LogP contribution in [-0.2, 0) is 13.1 Å². The van der Waals surface area contributed by atoms with Gasteiger partial charge in [-0.2, -0.15) is 5.10 Å². The molecular weight excluding hydrogens is 418 g/mol. The Bertz CT molecular complexity index is 1210. The molecule has 1 aliphatic rings. The van der Waals surface area contributed by atoms with Crippen molar-refractivity contribution < 1.29 is 10.2 Å². The van der Waals surface area contributed by atoms with Crippen molar-refractivity contribution in [1.29, 1.82) is 0 Å². The number of hydrogen-bond donors (Lipinski definition) is 3. The van der Waals surface area contributed by atoms with Crippen LogP contribution in [0.2, 0.25) is 0 Å². The molecule has 1 aromatic carbocycles. The third kappa shape index (κ3) is 4.22. The standard InChI is InChI=1S/C24H29N7O2/c1-2-29(15-18-4-6-19(7-5-18)31-12-3-10-28-31)22-20-8-13-30(23(20)27-17-26-22)16-24(33)9-11-25-14-21(24)32/h3-8,10,12-13,17,21,25,32-33H,2,9,11,14-16H2,1H3/t21-,24-/m1/s1. The predicted octanol–water partition coefficient (Wildman–Crippen LogP) is 1.73. The maximum Gasteiger partial charge on any atom is 0.145 e. The lowest BCUT2D eigenvalue weighted by atomic mass is 9.89. The molecule has 1 fully saturated rings. The zero-order valence-corrected chi connectivity index (χ0v) is 18.7.